The first-order valence-corrected chi connectivity index (χ1v) is 11.2. The predicted octanol–water partition coefficient (Wildman–Crippen LogP) is 5.22. The van der Waals surface area contributed by atoms with E-state index in [1.54, 1.807) is 0 Å². The fourth-order valence-corrected chi connectivity index (χ4v) is 4.06. The molecule has 0 saturated heterocycles. The molecule has 1 heterocycles. The molecule has 0 N–H and O–H groups in total. The topological polar surface area (TPSA) is 100 Å². The van der Waals surface area contributed by atoms with Crippen molar-refractivity contribution in [2.24, 2.45) is 0 Å². The lowest BCUT2D eigenvalue weighted by molar-refractivity contribution is -0.384. The molecular weight excluding hydrogens is 440 g/mol. The number of Topliss-reactive ketones (excluding diaryl/α,β-unsaturated/α-hetero) is 1. The van der Waals surface area contributed by atoms with E-state index in [0.717, 1.165) is 17.0 Å². The van der Waals surface area contributed by atoms with E-state index in [1.807, 2.05) is 66.1 Å². The molecule has 0 aliphatic heterocycles. The molecule has 0 spiro atoms. The third-order valence-electron chi connectivity index (χ3n) is 4.80. The highest BCUT2D eigenvalue weighted by Crippen LogP contribution is 2.29. The van der Waals surface area contributed by atoms with Crippen molar-refractivity contribution in [3.05, 3.63) is 94.5 Å². The molecule has 0 fully saturated rings. The van der Waals surface area contributed by atoms with Gasteiger partial charge in [0.1, 0.15) is 5.75 Å². The van der Waals surface area contributed by atoms with Gasteiger partial charge in [0.2, 0.25) is 0 Å². The first-order chi connectivity index (χ1) is 16.1. The first-order valence-electron chi connectivity index (χ1n) is 10.2. The molecular formula is C24H20N4O4S. The van der Waals surface area contributed by atoms with E-state index in [-0.39, 0.29) is 17.2 Å². The van der Waals surface area contributed by atoms with Crippen LogP contribution in [0.4, 0.5) is 5.69 Å². The maximum Gasteiger partial charge on any atom is 0.269 e. The summed E-state index contributed by atoms with van der Waals surface area (Å²) >= 11 is 1.26. The molecule has 0 bridgehead atoms. The maximum absolute atomic E-state index is 12.7. The second-order valence-electron chi connectivity index (χ2n) is 6.95. The van der Waals surface area contributed by atoms with Gasteiger partial charge in [-0.2, -0.15) is 0 Å². The molecule has 1 aromatic heterocycles. The van der Waals surface area contributed by atoms with Crippen LogP contribution in [0.1, 0.15) is 17.3 Å². The molecule has 9 heteroatoms. The third-order valence-corrected chi connectivity index (χ3v) is 5.73. The molecule has 166 valence electrons. The number of aromatic nitrogens is 3. The number of ether oxygens (including phenoxy) is 1. The number of thioether (sulfide) groups is 1. The van der Waals surface area contributed by atoms with Crippen LogP contribution in [-0.4, -0.2) is 37.8 Å². The van der Waals surface area contributed by atoms with Gasteiger partial charge in [-0.15, -0.1) is 10.2 Å². The molecule has 0 atom stereocenters. The largest absolute Gasteiger partial charge is 0.494 e. The number of hydrogen-bond acceptors (Lipinski definition) is 7. The minimum Gasteiger partial charge on any atom is -0.494 e. The van der Waals surface area contributed by atoms with Crippen LogP contribution in [0, 0.1) is 10.1 Å². The van der Waals surface area contributed by atoms with Gasteiger partial charge in [0.15, 0.2) is 16.8 Å². The second-order valence-corrected chi connectivity index (χ2v) is 7.89. The summed E-state index contributed by atoms with van der Waals surface area (Å²) in [6, 6.07) is 22.9. The Labute approximate surface area is 194 Å². The normalized spacial score (nSPS) is 10.7. The van der Waals surface area contributed by atoms with Crippen LogP contribution in [-0.2, 0) is 0 Å². The van der Waals surface area contributed by atoms with Crippen molar-refractivity contribution in [3.63, 3.8) is 0 Å². The van der Waals surface area contributed by atoms with Crippen LogP contribution in [0.5, 0.6) is 5.75 Å². The van der Waals surface area contributed by atoms with Crippen LogP contribution in [0.15, 0.2) is 84.0 Å². The summed E-state index contributed by atoms with van der Waals surface area (Å²) in [5.74, 6) is 1.38. The van der Waals surface area contributed by atoms with E-state index < -0.39 is 4.92 Å². The molecule has 4 aromatic rings. The summed E-state index contributed by atoms with van der Waals surface area (Å²) in [7, 11) is 0. The van der Waals surface area contributed by atoms with Crippen molar-refractivity contribution in [1.29, 1.82) is 0 Å². The van der Waals surface area contributed by atoms with Gasteiger partial charge in [-0.05, 0) is 43.3 Å². The number of carbonyl (C=O) groups is 1. The van der Waals surface area contributed by atoms with Gasteiger partial charge in [0.05, 0.1) is 17.3 Å². The predicted molar refractivity (Wildman–Crippen MR) is 126 cm³/mol. The Bertz CT molecular complexity index is 1260. The van der Waals surface area contributed by atoms with Gasteiger partial charge < -0.3 is 4.74 Å². The second kappa shape index (κ2) is 10.1. The van der Waals surface area contributed by atoms with E-state index in [2.05, 4.69) is 10.2 Å². The SMILES string of the molecule is CCOc1ccc(-n2c(SCC(=O)c3ccc([N+](=O)[O-])cc3)nnc2-c2ccccc2)cc1. The highest BCUT2D eigenvalue weighted by molar-refractivity contribution is 7.99. The minimum absolute atomic E-state index is 0.0538. The number of carbonyl (C=O) groups excluding carboxylic acids is 1. The average Bonchev–Trinajstić information content (AvgIpc) is 3.28. The van der Waals surface area contributed by atoms with E-state index in [4.69, 9.17) is 4.74 Å². The average molecular weight is 461 g/mol. The summed E-state index contributed by atoms with van der Waals surface area (Å²) < 4.78 is 7.44. The number of nitro benzene ring substituents is 1. The molecule has 0 aliphatic carbocycles. The fraction of sp³-hybridized carbons (Fsp3) is 0.125. The third kappa shape index (κ3) is 5.09. The zero-order valence-corrected chi connectivity index (χ0v) is 18.6. The number of nitro groups is 1. The minimum atomic E-state index is -0.493. The van der Waals surface area contributed by atoms with Crippen molar-refractivity contribution in [3.8, 4) is 22.8 Å². The van der Waals surface area contributed by atoms with Crippen LogP contribution in [0.25, 0.3) is 17.1 Å². The summed E-state index contributed by atoms with van der Waals surface area (Å²) in [5.41, 5.74) is 2.09. The summed E-state index contributed by atoms with van der Waals surface area (Å²) in [5, 5.41) is 20.1. The highest BCUT2D eigenvalue weighted by Gasteiger charge is 2.18. The van der Waals surface area contributed by atoms with Crippen molar-refractivity contribution in [2.75, 3.05) is 12.4 Å². The Morgan fingerprint density at radius 1 is 1.00 bits per heavy atom. The zero-order chi connectivity index (χ0) is 23.2. The summed E-state index contributed by atoms with van der Waals surface area (Å²) in [6.45, 7) is 2.50. The lowest BCUT2D eigenvalue weighted by Crippen LogP contribution is -2.05. The van der Waals surface area contributed by atoms with Gasteiger partial charge >= 0.3 is 0 Å². The molecule has 0 amide bonds. The van der Waals surface area contributed by atoms with Gasteiger partial charge in [0, 0.05) is 28.9 Å². The lowest BCUT2D eigenvalue weighted by Gasteiger charge is -2.11. The smallest absolute Gasteiger partial charge is 0.269 e. The molecule has 4 rings (SSSR count). The van der Waals surface area contributed by atoms with Crippen molar-refractivity contribution < 1.29 is 14.5 Å². The van der Waals surface area contributed by atoms with Crippen LogP contribution >= 0.6 is 11.8 Å². The standard InChI is InChI=1S/C24H20N4O4S/c1-2-32-21-14-12-19(13-15-21)27-23(18-6-4-3-5-7-18)25-26-24(27)33-16-22(29)17-8-10-20(11-9-17)28(30)31/h3-15H,2,16H2,1H3. The Balaban J connectivity index is 1.61. The van der Waals surface area contributed by atoms with Gasteiger partial charge in [-0.25, -0.2) is 0 Å². The maximum atomic E-state index is 12.7. The Morgan fingerprint density at radius 2 is 1.70 bits per heavy atom. The van der Waals surface area contributed by atoms with E-state index >= 15 is 0 Å². The highest BCUT2D eigenvalue weighted by atomic mass is 32.2. The molecule has 3 aromatic carbocycles. The van der Waals surface area contributed by atoms with Crippen LogP contribution < -0.4 is 4.74 Å². The Kier molecular flexibility index (Phi) is 6.80. The number of non-ortho nitro benzene ring substituents is 1. The molecule has 0 radical (unpaired) electrons. The van der Waals surface area contributed by atoms with Gasteiger partial charge in [0.25, 0.3) is 5.69 Å². The number of hydrogen-bond donors (Lipinski definition) is 0. The molecule has 0 saturated carbocycles. The van der Waals surface area contributed by atoms with Crippen LogP contribution in [0.3, 0.4) is 0 Å². The summed E-state index contributed by atoms with van der Waals surface area (Å²) in [4.78, 5) is 23.0. The summed E-state index contributed by atoms with van der Waals surface area (Å²) in [6.07, 6.45) is 0. The molecule has 33 heavy (non-hydrogen) atoms. The van der Waals surface area contributed by atoms with Crippen molar-refractivity contribution in [1.82, 2.24) is 14.8 Å². The Morgan fingerprint density at radius 3 is 2.33 bits per heavy atom. The number of nitrogens with zero attached hydrogens (tertiary/aromatic N) is 4. The number of ketones is 1. The first kappa shape index (κ1) is 22.2. The van der Waals surface area contributed by atoms with Crippen molar-refractivity contribution >= 4 is 23.2 Å². The molecule has 0 aliphatic rings. The van der Waals surface area contributed by atoms with Crippen molar-refractivity contribution in [2.45, 2.75) is 12.1 Å². The Hall–Kier alpha value is -3.98. The lowest BCUT2D eigenvalue weighted by atomic mass is 10.1. The van der Waals surface area contributed by atoms with Crippen LogP contribution in [0.2, 0.25) is 0 Å². The quantitative estimate of drug-likeness (QED) is 0.146. The fourth-order valence-electron chi connectivity index (χ4n) is 3.21. The molecule has 8 nitrogen and oxygen atoms in total. The van der Waals surface area contributed by atoms with E-state index in [1.165, 1.54) is 36.0 Å². The molecule has 0 unspecified atom stereocenters. The zero-order valence-electron chi connectivity index (χ0n) is 17.7. The van der Waals surface area contributed by atoms with Gasteiger partial charge in [-0.1, -0.05) is 42.1 Å². The number of rotatable bonds is 9. The monoisotopic (exact) mass is 460 g/mol. The van der Waals surface area contributed by atoms with E-state index in [0.29, 0.717) is 23.2 Å². The number of benzene rings is 3. The van der Waals surface area contributed by atoms with E-state index in [9.17, 15) is 14.9 Å². The van der Waals surface area contributed by atoms with Gasteiger partial charge in [-0.3, -0.25) is 19.5 Å².